The third kappa shape index (κ3) is 3.29. The fourth-order valence-electron chi connectivity index (χ4n) is 2.43. The molecule has 0 bridgehead atoms. The summed E-state index contributed by atoms with van der Waals surface area (Å²) in [6.07, 6.45) is 1.29. The van der Waals surface area contributed by atoms with Gasteiger partial charge in [0.05, 0.1) is 14.2 Å². The van der Waals surface area contributed by atoms with Crippen LogP contribution in [0.3, 0.4) is 0 Å². The lowest BCUT2D eigenvalue weighted by Crippen LogP contribution is -2.41. The fourth-order valence-corrected chi connectivity index (χ4v) is 2.43. The first-order valence-electron chi connectivity index (χ1n) is 6.62. The van der Waals surface area contributed by atoms with Gasteiger partial charge in [0.1, 0.15) is 12.3 Å². The molecule has 1 unspecified atom stereocenters. The summed E-state index contributed by atoms with van der Waals surface area (Å²) < 4.78 is 9.72. The van der Waals surface area contributed by atoms with Crippen molar-refractivity contribution < 1.29 is 19.1 Å². The van der Waals surface area contributed by atoms with E-state index in [-0.39, 0.29) is 24.3 Å². The monoisotopic (exact) mass is 277 g/mol. The Bertz CT molecular complexity index is 483. The van der Waals surface area contributed by atoms with E-state index in [0.29, 0.717) is 13.0 Å². The van der Waals surface area contributed by atoms with Crippen molar-refractivity contribution in [1.82, 2.24) is 4.90 Å². The molecule has 1 aliphatic rings. The van der Waals surface area contributed by atoms with Gasteiger partial charge in [0.25, 0.3) is 0 Å². The Kier molecular flexibility index (Phi) is 4.61. The highest BCUT2D eigenvalue weighted by molar-refractivity contribution is 5.83. The predicted octanol–water partition coefficient (Wildman–Crippen LogP) is 1.57. The molecule has 2 rings (SSSR count). The molecule has 0 radical (unpaired) electrons. The lowest BCUT2D eigenvalue weighted by Gasteiger charge is -2.31. The third-order valence-corrected chi connectivity index (χ3v) is 3.66. The van der Waals surface area contributed by atoms with Crippen LogP contribution in [0.25, 0.3) is 0 Å². The average Bonchev–Trinajstić information content (AvgIpc) is 2.49. The molecule has 0 saturated carbocycles. The molecule has 1 fully saturated rings. The van der Waals surface area contributed by atoms with E-state index in [4.69, 9.17) is 4.74 Å². The zero-order valence-corrected chi connectivity index (χ0v) is 11.8. The van der Waals surface area contributed by atoms with Gasteiger partial charge in [-0.15, -0.1) is 0 Å². The zero-order chi connectivity index (χ0) is 14.5. The van der Waals surface area contributed by atoms with Gasteiger partial charge in [0.15, 0.2) is 0 Å². The third-order valence-electron chi connectivity index (χ3n) is 3.66. The molecule has 0 N–H and O–H groups in total. The van der Waals surface area contributed by atoms with Gasteiger partial charge in [0, 0.05) is 13.0 Å². The second kappa shape index (κ2) is 6.41. The number of benzene rings is 1. The van der Waals surface area contributed by atoms with Gasteiger partial charge in [-0.25, -0.2) is 0 Å². The van der Waals surface area contributed by atoms with E-state index >= 15 is 0 Å². The van der Waals surface area contributed by atoms with E-state index < -0.39 is 0 Å². The SMILES string of the molecule is COC(=O)CN1CCC(c2ccc(OC)cc2)CC1=O. The van der Waals surface area contributed by atoms with Gasteiger partial charge < -0.3 is 14.4 Å². The molecule has 108 valence electrons. The van der Waals surface area contributed by atoms with Gasteiger partial charge in [-0.05, 0) is 30.0 Å². The number of rotatable bonds is 4. The Morgan fingerprint density at radius 2 is 2.00 bits per heavy atom. The summed E-state index contributed by atoms with van der Waals surface area (Å²) in [5, 5.41) is 0. The number of piperidine rings is 1. The number of methoxy groups -OCH3 is 2. The normalized spacial score (nSPS) is 18.8. The van der Waals surface area contributed by atoms with Crippen LogP contribution in [-0.2, 0) is 14.3 Å². The number of hydrogen-bond acceptors (Lipinski definition) is 4. The minimum Gasteiger partial charge on any atom is -0.497 e. The van der Waals surface area contributed by atoms with Crippen LogP contribution in [-0.4, -0.2) is 44.1 Å². The second-order valence-electron chi connectivity index (χ2n) is 4.85. The predicted molar refractivity (Wildman–Crippen MR) is 73.6 cm³/mol. The zero-order valence-electron chi connectivity index (χ0n) is 11.8. The summed E-state index contributed by atoms with van der Waals surface area (Å²) in [6, 6.07) is 7.79. The minimum atomic E-state index is -0.374. The molecule has 1 amide bonds. The Morgan fingerprint density at radius 3 is 2.55 bits per heavy atom. The Morgan fingerprint density at radius 1 is 1.30 bits per heavy atom. The number of likely N-dealkylation sites (tertiary alicyclic amines) is 1. The first-order valence-corrected chi connectivity index (χ1v) is 6.62. The Hall–Kier alpha value is -2.04. The van der Waals surface area contributed by atoms with E-state index in [0.717, 1.165) is 17.7 Å². The molecule has 0 spiro atoms. The van der Waals surface area contributed by atoms with Crippen LogP contribution in [0.4, 0.5) is 0 Å². The first kappa shape index (κ1) is 14.4. The molecule has 1 aromatic carbocycles. The van der Waals surface area contributed by atoms with Gasteiger partial charge in [-0.2, -0.15) is 0 Å². The molecule has 1 aliphatic heterocycles. The molecule has 1 aromatic rings. The highest BCUT2D eigenvalue weighted by Gasteiger charge is 2.28. The van der Waals surface area contributed by atoms with Crippen molar-refractivity contribution in [3.8, 4) is 5.75 Å². The van der Waals surface area contributed by atoms with E-state index in [1.165, 1.54) is 7.11 Å². The molecule has 1 atom stereocenters. The van der Waals surface area contributed by atoms with E-state index in [1.807, 2.05) is 24.3 Å². The lowest BCUT2D eigenvalue weighted by molar-refractivity contribution is -0.148. The number of hydrogen-bond donors (Lipinski definition) is 0. The maximum atomic E-state index is 12.0. The molecule has 5 heteroatoms. The average molecular weight is 277 g/mol. The standard InChI is InChI=1S/C15H19NO4/c1-19-13-5-3-11(4-6-13)12-7-8-16(14(17)9-12)10-15(18)20-2/h3-6,12H,7-10H2,1-2H3. The lowest BCUT2D eigenvalue weighted by atomic mass is 9.89. The maximum Gasteiger partial charge on any atom is 0.325 e. The van der Waals surface area contributed by atoms with Crippen LogP contribution in [0.15, 0.2) is 24.3 Å². The van der Waals surface area contributed by atoms with Gasteiger partial charge in [-0.3, -0.25) is 9.59 Å². The quantitative estimate of drug-likeness (QED) is 0.784. The van der Waals surface area contributed by atoms with Gasteiger partial charge in [0.2, 0.25) is 5.91 Å². The number of nitrogens with zero attached hydrogens (tertiary/aromatic N) is 1. The molecule has 20 heavy (non-hydrogen) atoms. The van der Waals surface area contributed by atoms with Crippen molar-refractivity contribution in [1.29, 1.82) is 0 Å². The summed E-state index contributed by atoms with van der Waals surface area (Å²) in [5.74, 6) is 0.647. The maximum absolute atomic E-state index is 12.0. The Labute approximate surface area is 118 Å². The van der Waals surface area contributed by atoms with E-state index in [2.05, 4.69) is 4.74 Å². The summed E-state index contributed by atoms with van der Waals surface area (Å²) in [4.78, 5) is 24.8. The van der Waals surface area contributed by atoms with Gasteiger partial charge >= 0.3 is 5.97 Å². The summed E-state index contributed by atoms with van der Waals surface area (Å²) >= 11 is 0. The minimum absolute atomic E-state index is 0.00229. The van der Waals surface area contributed by atoms with Crippen molar-refractivity contribution in [2.75, 3.05) is 27.3 Å². The molecule has 5 nitrogen and oxygen atoms in total. The highest BCUT2D eigenvalue weighted by Crippen LogP contribution is 2.29. The van der Waals surface area contributed by atoms with Crippen LogP contribution in [0.1, 0.15) is 24.3 Å². The van der Waals surface area contributed by atoms with Crippen LogP contribution in [0.5, 0.6) is 5.75 Å². The van der Waals surface area contributed by atoms with E-state index in [1.54, 1.807) is 12.0 Å². The fraction of sp³-hybridized carbons (Fsp3) is 0.467. The molecule has 1 saturated heterocycles. The second-order valence-corrected chi connectivity index (χ2v) is 4.85. The van der Waals surface area contributed by atoms with Crippen LogP contribution >= 0.6 is 0 Å². The van der Waals surface area contributed by atoms with Crippen LogP contribution < -0.4 is 4.74 Å². The molecule has 0 aliphatic carbocycles. The molecular weight excluding hydrogens is 258 g/mol. The number of carbonyl (C=O) groups is 2. The van der Waals surface area contributed by atoms with Crippen molar-refractivity contribution in [3.63, 3.8) is 0 Å². The summed E-state index contributed by atoms with van der Waals surface area (Å²) in [5.41, 5.74) is 1.14. The summed E-state index contributed by atoms with van der Waals surface area (Å²) in [7, 11) is 2.96. The number of ether oxygens (including phenoxy) is 2. The first-order chi connectivity index (χ1) is 9.63. The topological polar surface area (TPSA) is 55.8 Å². The molecule has 0 aromatic heterocycles. The number of esters is 1. The van der Waals surface area contributed by atoms with Gasteiger partial charge in [-0.1, -0.05) is 12.1 Å². The smallest absolute Gasteiger partial charge is 0.325 e. The number of carbonyl (C=O) groups excluding carboxylic acids is 2. The van der Waals surface area contributed by atoms with Crippen molar-refractivity contribution in [2.45, 2.75) is 18.8 Å². The molecule has 1 heterocycles. The summed E-state index contributed by atoms with van der Waals surface area (Å²) in [6.45, 7) is 0.634. The molecular formula is C15H19NO4. The van der Waals surface area contributed by atoms with Crippen LogP contribution in [0, 0.1) is 0 Å². The number of amides is 1. The van der Waals surface area contributed by atoms with Crippen molar-refractivity contribution >= 4 is 11.9 Å². The highest BCUT2D eigenvalue weighted by atomic mass is 16.5. The van der Waals surface area contributed by atoms with Crippen LogP contribution in [0.2, 0.25) is 0 Å². The largest absolute Gasteiger partial charge is 0.497 e. The van der Waals surface area contributed by atoms with Crippen molar-refractivity contribution in [3.05, 3.63) is 29.8 Å². The van der Waals surface area contributed by atoms with Crippen molar-refractivity contribution in [2.24, 2.45) is 0 Å². The van der Waals surface area contributed by atoms with E-state index in [9.17, 15) is 9.59 Å². The Balaban J connectivity index is 1.97.